The highest BCUT2D eigenvalue weighted by atomic mass is 19.4. The Kier molecular flexibility index (Phi) is 3.45. The molecule has 2 aliphatic heterocycles. The zero-order valence-corrected chi connectivity index (χ0v) is 11.6. The Balaban J connectivity index is 1.76. The number of fused-ring (bicyclic) bond motifs is 1. The largest absolute Gasteiger partial charge is 0.415 e. The van der Waals surface area contributed by atoms with Gasteiger partial charge in [0.25, 0.3) is 5.89 Å². The van der Waals surface area contributed by atoms with E-state index < -0.39 is 23.7 Å². The molecule has 0 spiro atoms. The molecule has 3 atom stereocenters. The second-order valence-corrected chi connectivity index (χ2v) is 5.77. The molecule has 3 heterocycles. The van der Waals surface area contributed by atoms with E-state index in [1.165, 1.54) is 0 Å². The Morgan fingerprint density at radius 2 is 2.14 bits per heavy atom. The number of hydrogen-bond acceptors (Lipinski definition) is 6. The van der Waals surface area contributed by atoms with Gasteiger partial charge in [0.1, 0.15) is 6.10 Å². The summed E-state index contributed by atoms with van der Waals surface area (Å²) in [4.78, 5) is 6.06. The van der Waals surface area contributed by atoms with Crippen molar-refractivity contribution < 1.29 is 22.4 Å². The second-order valence-electron chi connectivity index (χ2n) is 5.77. The minimum atomic E-state index is -4.66. The summed E-state index contributed by atoms with van der Waals surface area (Å²) in [5, 5.41) is 3.62. The molecule has 1 aromatic heterocycles. The van der Waals surface area contributed by atoms with Gasteiger partial charge in [0.05, 0.1) is 6.61 Å². The number of halogens is 3. The monoisotopic (exact) mass is 306 g/mol. The fraction of sp³-hybridized carbons (Fsp3) is 0.833. The van der Waals surface area contributed by atoms with E-state index in [-0.39, 0.29) is 5.82 Å². The highest BCUT2D eigenvalue weighted by molar-refractivity contribution is 5.06. The van der Waals surface area contributed by atoms with Crippen LogP contribution in [0.25, 0.3) is 0 Å². The summed E-state index contributed by atoms with van der Waals surface area (Å²) in [5.74, 6) is -0.520. The highest BCUT2D eigenvalue weighted by Crippen LogP contribution is 2.36. The van der Waals surface area contributed by atoms with Crippen LogP contribution >= 0.6 is 0 Å². The predicted molar refractivity (Wildman–Crippen MR) is 65.2 cm³/mol. The normalized spacial score (nSPS) is 30.1. The standard InChI is InChI=1S/C12H17F3N4O2/c1-11(16,12(13,14)15)10-17-9(18-21-10)8-5-19-4-2-3-7(19)6-20-8/h7-8H,2-6,16H2,1H3. The van der Waals surface area contributed by atoms with E-state index in [0.29, 0.717) is 19.2 Å². The molecule has 6 nitrogen and oxygen atoms in total. The van der Waals surface area contributed by atoms with Crippen molar-refractivity contribution >= 4 is 0 Å². The van der Waals surface area contributed by atoms with Crippen LogP contribution in [-0.4, -0.2) is 47.0 Å². The van der Waals surface area contributed by atoms with E-state index >= 15 is 0 Å². The van der Waals surface area contributed by atoms with Gasteiger partial charge in [-0.3, -0.25) is 4.90 Å². The molecule has 2 N–H and O–H groups in total. The summed E-state index contributed by atoms with van der Waals surface area (Å²) in [7, 11) is 0. The van der Waals surface area contributed by atoms with Gasteiger partial charge < -0.3 is 15.0 Å². The maximum atomic E-state index is 12.9. The highest BCUT2D eigenvalue weighted by Gasteiger charge is 2.54. The Hall–Kier alpha value is -1.19. The first-order chi connectivity index (χ1) is 9.79. The molecular formula is C12H17F3N4O2. The summed E-state index contributed by atoms with van der Waals surface area (Å²) < 4.78 is 48.9. The molecule has 3 unspecified atom stereocenters. The number of alkyl halides is 3. The maximum Gasteiger partial charge on any atom is 0.415 e. The molecule has 0 aromatic carbocycles. The molecule has 0 aliphatic carbocycles. The average molecular weight is 306 g/mol. The van der Waals surface area contributed by atoms with Crippen LogP contribution in [0.2, 0.25) is 0 Å². The molecule has 0 saturated carbocycles. The van der Waals surface area contributed by atoms with Crippen molar-refractivity contribution in [2.24, 2.45) is 5.73 Å². The molecular weight excluding hydrogens is 289 g/mol. The molecule has 2 fully saturated rings. The van der Waals surface area contributed by atoms with Crippen LogP contribution in [0.5, 0.6) is 0 Å². The van der Waals surface area contributed by atoms with Gasteiger partial charge in [-0.25, -0.2) is 0 Å². The van der Waals surface area contributed by atoms with Gasteiger partial charge in [-0.15, -0.1) is 0 Å². The lowest BCUT2D eigenvalue weighted by atomic mass is 10.0. The van der Waals surface area contributed by atoms with E-state index in [4.69, 9.17) is 15.0 Å². The van der Waals surface area contributed by atoms with Crippen molar-refractivity contribution in [3.63, 3.8) is 0 Å². The Morgan fingerprint density at radius 1 is 1.38 bits per heavy atom. The summed E-state index contributed by atoms with van der Waals surface area (Å²) in [5.41, 5.74) is 2.61. The van der Waals surface area contributed by atoms with Crippen molar-refractivity contribution in [2.45, 2.75) is 43.6 Å². The first-order valence-corrected chi connectivity index (χ1v) is 6.84. The van der Waals surface area contributed by atoms with Crippen LogP contribution in [0.15, 0.2) is 4.52 Å². The first-order valence-electron chi connectivity index (χ1n) is 6.84. The Bertz CT molecular complexity index is 517. The van der Waals surface area contributed by atoms with Crippen molar-refractivity contribution in [3.05, 3.63) is 11.7 Å². The minimum Gasteiger partial charge on any atom is -0.367 e. The molecule has 2 saturated heterocycles. The topological polar surface area (TPSA) is 77.4 Å². The van der Waals surface area contributed by atoms with E-state index in [9.17, 15) is 13.2 Å². The lowest BCUT2D eigenvalue weighted by Crippen LogP contribution is -2.48. The number of hydrogen-bond donors (Lipinski definition) is 1. The van der Waals surface area contributed by atoms with Crippen LogP contribution in [-0.2, 0) is 10.3 Å². The molecule has 1 aromatic rings. The fourth-order valence-electron chi connectivity index (χ4n) is 2.67. The number of rotatable bonds is 2. The van der Waals surface area contributed by atoms with E-state index in [2.05, 4.69) is 15.0 Å². The van der Waals surface area contributed by atoms with Gasteiger partial charge in [-0.1, -0.05) is 5.16 Å². The van der Waals surface area contributed by atoms with E-state index in [1.807, 2.05) is 0 Å². The smallest absolute Gasteiger partial charge is 0.367 e. The third-order valence-corrected chi connectivity index (χ3v) is 4.15. The summed E-state index contributed by atoms with van der Waals surface area (Å²) >= 11 is 0. The van der Waals surface area contributed by atoms with E-state index in [1.54, 1.807) is 0 Å². The quantitative estimate of drug-likeness (QED) is 0.888. The molecule has 9 heteroatoms. The van der Waals surface area contributed by atoms with Gasteiger partial charge >= 0.3 is 6.18 Å². The third-order valence-electron chi connectivity index (χ3n) is 4.15. The first kappa shape index (κ1) is 14.7. The number of nitrogens with zero attached hydrogens (tertiary/aromatic N) is 3. The van der Waals surface area contributed by atoms with Crippen molar-refractivity contribution in [2.75, 3.05) is 19.7 Å². The second kappa shape index (κ2) is 4.92. The molecule has 0 amide bonds. The van der Waals surface area contributed by atoms with Crippen LogP contribution in [0, 0.1) is 0 Å². The molecule has 118 valence electrons. The van der Waals surface area contributed by atoms with Crippen molar-refractivity contribution in [1.82, 2.24) is 15.0 Å². The number of nitrogens with two attached hydrogens (primary N) is 1. The summed E-state index contributed by atoms with van der Waals surface area (Å²) in [6.45, 7) is 2.87. The van der Waals surface area contributed by atoms with Crippen molar-refractivity contribution in [3.8, 4) is 0 Å². The third kappa shape index (κ3) is 2.53. The summed E-state index contributed by atoms with van der Waals surface area (Å²) in [6.07, 6.45) is -2.95. The molecule has 3 rings (SSSR count). The minimum absolute atomic E-state index is 0.122. The fourth-order valence-corrected chi connectivity index (χ4v) is 2.67. The molecule has 0 radical (unpaired) electrons. The maximum absolute atomic E-state index is 12.9. The van der Waals surface area contributed by atoms with Crippen LogP contribution in [0.3, 0.4) is 0 Å². The lowest BCUT2D eigenvalue weighted by Gasteiger charge is -2.33. The van der Waals surface area contributed by atoms with Gasteiger partial charge in [0.2, 0.25) is 5.82 Å². The van der Waals surface area contributed by atoms with Crippen molar-refractivity contribution in [1.29, 1.82) is 0 Å². The Labute approximate surface area is 119 Å². The van der Waals surface area contributed by atoms with Gasteiger partial charge in [0.15, 0.2) is 5.54 Å². The number of aromatic nitrogens is 2. The van der Waals surface area contributed by atoms with Gasteiger partial charge in [0, 0.05) is 12.6 Å². The molecule has 21 heavy (non-hydrogen) atoms. The molecule has 0 bridgehead atoms. The van der Waals surface area contributed by atoms with Crippen LogP contribution in [0.4, 0.5) is 13.2 Å². The van der Waals surface area contributed by atoms with Crippen LogP contribution < -0.4 is 5.73 Å². The zero-order valence-electron chi connectivity index (χ0n) is 11.6. The number of ether oxygens (including phenoxy) is 1. The van der Waals surface area contributed by atoms with Gasteiger partial charge in [-0.05, 0) is 26.3 Å². The molecule has 2 aliphatic rings. The average Bonchev–Trinajstić information content (AvgIpc) is 3.05. The lowest BCUT2D eigenvalue weighted by molar-refractivity contribution is -0.190. The SMILES string of the molecule is CC(N)(c1nc(C2CN3CCCC3CO2)no1)C(F)(F)F. The van der Waals surface area contributed by atoms with E-state index in [0.717, 1.165) is 26.3 Å². The predicted octanol–water partition coefficient (Wildman–Crippen LogP) is 1.34. The van der Waals surface area contributed by atoms with Gasteiger partial charge in [-0.2, -0.15) is 18.2 Å². The summed E-state index contributed by atoms with van der Waals surface area (Å²) in [6, 6.07) is 0.391. The number of morpholine rings is 1. The van der Waals surface area contributed by atoms with Crippen LogP contribution in [0.1, 0.15) is 37.6 Å². The zero-order chi connectivity index (χ0) is 15.3. The Morgan fingerprint density at radius 3 is 2.86 bits per heavy atom.